The number of carboxylic acids is 1. The molecule has 2 aliphatic heterocycles. The first kappa shape index (κ1) is 14.4. The van der Waals surface area contributed by atoms with Gasteiger partial charge in [-0.1, -0.05) is 0 Å². The van der Waals surface area contributed by atoms with Crippen LogP contribution in [0, 0.1) is 11.3 Å². The van der Waals surface area contributed by atoms with Crippen molar-refractivity contribution in [2.75, 3.05) is 29.4 Å². The van der Waals surface area contributed by atoms with Crippen molar-refractivity contribution in [3.05, 3.63) is 12.3 Å². The largest absolute Gasteiger partial charge is 0.481 e. The van der Waals surface area contributed by atoms with Gasteiger partial charge >= 0.3 is 5.97 Å². The van der Waals surface area contributed by atoms with Gasteiger partial charge in [-0.25, -0.2) is 4.98 Å². The first-order valence-electron chi connectivity index (χ1n) is 8.22. The minimum absolute atomic E-state index is 0.0923. The fraction of sp³-hybridized carbons (Fsp3) is 0.625. The number of carbonyl (C=O) groups excluding carboxylic acids is 1. The molecule has 1 aromatic rings. The van der Waals surface area contributed by atoms with Gasteiger partial charge in [-0.15, -0.1) is 0 Å². The Morgan fingerprint density at radius 2 is 1.96 bits per heavy atom. The van der Waals surface area contributed by atoms with E-state index in [-0.39, 0.29) is 17.2 Å². The van der Waals surface area contributed by atoms with Crippen LogP contribution in [-0.4, -0.2) is 46.6 Å². The van der Waals surface area contributed by atoms with Gasteiger partial charge in [0.25, 0.3) is 0 Å². The number of carbonyl (C=O) groups is 2. The summed E-state index contributed by atoms with van der Waals surface area (Å²) in [6.45, 7) is 2.01. The van der Waals surface area contributed by atoms with Crippen LogP contribution in [0.1, 0.15) is 32.1 Å². The Labute approximate surface area is 134 Å². The average Bonchev–Trinajstić information content (AvgIpc) is 3.29. The van der Waals surface area contributed by atoms with Crippen LogP contribution in [0.4, 0.5) is 11.8 Å². The van der Waals surface area contributed by atoms with Gasteiger partial charge in [-0.2, -0.15) is 4.98 Å². The Morgan fingerprint density at radius 3 is 2.57 bits per heavy atom. The van der Waals surface area contributed by atoms with Crippen molar-refractivity contribution in [3.8, 4) is 0 Å². The van der Waals surface area contributed by atoms with E-state index in [0.717, 1.165) is 25.8 Å². The van der Waals surface area contributed by atoms with Crippen LogP contribution in [0.2, 0.25) is 0 Å². The van der Waals surface area contributed by atoms with Gasteiger partial charge in [-0.05, 0) is 38.2 Å². The smallest absolute Gasteiger partial charge is 0.306 e. The third-order valence-corrected chi connectivity index (χ3v) is 5.40. The summed E-state index contributed by atoms with van der Waals surface area (Å²) in [6.07, 6.45) is 5.83. The van der Waals surface area contributed by atoms with E-state index < -0.39 is 5.97 Å². The van der Waals surface area contributed by atoms with E-state index >= 15 is 0 Å². The highest BCUT2D eigenvalue weighted by Crippen LogP contribution is 2.54. The molecule has 4 rings (SSSR count). The maximum atomic E-state index is 12.5. The Hall–Kier alpha value is -2.18. The van der Waals surface area contributed by atoms with Crippen LogP contribution < -0.4 is 9.80 Å². The summed E-state index contributed by atoms with van der Waals surface area (Å²) in [5.74, 6) is 0.466. The number of hydrogen-bond donors (Lipinski definition) is 1. The highest BCUT2D eigenvalue weighted by molar-refractivity contribution is 6.00. The van der Waals surface area contributed by atoms with E-state index in [0.29, 0.717) is 37.7 Å². The van der Waals surface area contributed by atoms with E-state index in [2.05, 4.69) is 9.97 Å². The molecule has 0 radical (unpaired) electrons. The van der Waals surface area contributed by atoms with Crippen molar-refractivity contribution >= 4 is 23.6 Å². The predicted molar refractivity (Wildman–Crippen MR) is 83.2 cm³/mol. The molecule has 1 saturated carbocycles. The first-order valence-corrected chi connectivity index (χ1v) is 8.22. The highest BCUT2D eigenvalue weighted by atomic mass is 16.4. The molecule has 0 bridgehead atoms. The number of piperidine rings is 1. The lowest BCUT2D eigenvalue weighted by Gasteiger charge is -2.30. The number of anilines is 2. The molecule has 1 aromatic heterocycles. The van der Waals surface area contributed by atoms with Crippen molar-refractivity contribution < 1.29 is 14.7 Å². The lowest BCUT2D eigenvalue weighted by Crippen LogP contribution is -2.37. The van der Waals surface area contributed by atoms with Crippen molar-refractivity contribution in [1.29, 1.82) is 0 Å². The van der Waals surface area contributed by atoms with Gasteiger partial charge in [-0.3, -0.25) is 14.5 Å². The Bertz CT molecular complexity index is 650. The molecule has 0 aromatic carbocycles. The molecule has 23 heavy (non-hydrogen) atoms. The normalized spacial score (nSPS) is 23.6. The lowest BCUT2D eigenvalue weighted by molar-refractivity contribution is -0.142. The van der Waals surface area contributed by atoms with E-state index in [1.807, 2.05) is 4.90 Å². The summed E-state index contributed by atoms with van der Waals surface area (Å²) in [6, 6.07) is 1.78. The zero-order chi connectivity index (χ0) is 16.0. The molecule has 7 heteroatoms. The molecular weight excluding hydrogens is 296 g/mol. The summed E-state index contributed by atoms with van der Waals surface area (Å²) in [5, 5.41) is 9.07. The van der Waals surface area contributed by atoms with E-state index in [9.17, 15) is 9.59 Å². The summed E-state index contributed by atoms with van der Waals surface area (Å²) in [7, 11) is 0. The molecule has 7 nitrogen and oxygen atoms in total. The van der Waals surface area contributed by atoms with Crippen molar-refractivity contribution in [1.82, 2.24) is 9.97 Å². The van der Waals surface area contributed by atoms with E-state index in [4.69, 9.17) is 5.11 Å². The van der Waals surface area contributed by atoms with Crippen molar-refractivity contribution in [2.24, 2.45) is 11.3 Å². The van der Waals surface area contributed by atoms with Crippen molar-refractivity contribution in [3.63, 3.8) is 0 Å². The number of aliphatic carboxylic acids is 1. The molecule has 1 N–H and O–H groups in total. The lowest BCUT2D eigenvalue weighted by atomic mass is 9.97. The molecule has 3 aliphatic rings. The highest BCUT2D eigenvalue weighted by Gasteiger charge is 2.56. The number of aromatic nitrogens is 2. The molecule has 1 spiro atoms. The van der Waals surface area contributed by atoms with Crippen LogP contribution in [0.5, 0.6) is 0 Å². The third kappa shape index (κ3) is 2.44. The van der Waals surface area contributed by atoms with E-state index in [1.165, 1.54) is 0 Å². The second-order valence-corrected chi connectivity index (χ2v) is 6.80. The van der Waals surface area contributed by atoms with Crippen LogP contribution in [0.25, 0.3) is 0 Å². The van der Waals surface area contributed by atoms with Gasteiger partial charge < -0.3 is 10.0 Å². The second-order valence-electron chi connectivity index (χ2n) is 6.80. The molecule has 1 amide bonds. The monoisotopic (exact) mass is 316 g/mol. The molecule has 3 fully saturated rings. The molecule has 1 aliphatic carbocycles. The van der Waals surface area contributed by atoms with Gasteiger partial charge in [0.05, 0.1) is 11.3 Å². The van der Waals surface area contributed by atoms with Gasteiger partial charge in [0.1, 0.15) is 5.82 Å². The van der Waals surface area contributed by atoms with Gasteiger partial charge in [0, 0.05) is 25.8 Å². The minimum atomic E-state index is -0.725. The summed E-state index contributed by atoms with van der Waals surface area (Å²) in [4.78, 5) is 36.2. The first-order chi connectivity index (χ1) is 11.1. The second kappa shape index (κ2) is 5.18. The number of carboxylic acid groups (broad SMARTS) is 1. The van der Waals surface area contributed by atoms with Gasteiger partial charge in [0.2, 0.25) is 11.9 Å². The molecule has 2 saturated heterocycles. The van der Waals surface area contributed by atoms with Crippen LogP contribution in [0.3, 0.4) is 0 Å². The fourth-order valence-corrected chi connectivity index (χ4v) is 3.62. The summed E-state index contributed by atoms with van der Waals surface area (Å²) >= 11 is 0. The number of amides is 1. The number of hydrogen-bond acceptors (Lipinski definition) is 5. The summed E-state index contributed by atoms with van der Waals surface area (Å²) in [5.41, 5.74) is -0.0923. The van der Waals surface area contributed by atoms with Gasteiger partial charge in [0.15, 0.2) is 0 Å². The SMILES string of the molecule is O=C(O)C1CCN(c2nccc(N3CCC4(CC4)C3=O)n2)CC1. The Morgan fingerprint density at radius 1 is 1.22 bits per heavy atom. The molecule has 0 atom stereocenters. The molecular formula is C16H20N4O3. The predicted octanol–water partition coefficient (Wildman–Crippen LogP) is 1.29. The number of nitrogens with zero attached hydrogens (tertiary/aromatic N) is 4. The maximum absolute atomic E-state index is 12.5. The van der Waals surface area contributed by atoms with Crippen LogP contribution in [-0.2, 0) is 9.59 Å². The standard InChI is InChI=1S/C16H20N4O3/c21-13(22)11-2-8-19(9-3-11)15-17-7-1-12(18-15)20-10-6-16(4-5-16)14(20)23/h1,7,11H,2-6,8-10H2,(H,21,22). The quantitative estimate of drug-likeness (QED) is 0.904. The van der Waals surface area contributed by atoms with Crippen molar-refractivity contribution in [2.45, 2.75) is 32.1 Å². The zero-order valence-corrected chi connectivity index (χ0v) is 12.9. The Balaban J connectivity index is 1.49. The maximum Gasteiger partial charge on any atom is 0.306 e. The average molecular weight is 316 g/mol. The Kier molecular flexibility index (Phi) is 3.25. The van der Waals surface area contributed by atoms with E-state index in [1.54, 1.807) is 17.2 Å². The van der Waals surface area contributed by atoms with Crippen LogP contribution in [0.15, 0.2) is 12.3 Å². The minimum Gasteiger partial charge on any atom is -0.481 e. The molecule has 0 unspecified atom stereocenters. The van der Waals surface area contributed by atoms with Crippen LogP contribution >= 0.6 is 0 Å². The molecule has 3 heterocycles. The molecule has 122 valence electrons. The zero-order valence-electron chi connectivity index (χ0n) is 12.9. The fourth-order valence-electron chi connectivity index (χ4n) is 3.62. The summed E-state index contributed by atoms with van der Waals surface area (Å²) < 4.78 is 0. The number of rotatable bonds is 3. The third-order valence-electron chi connectivity index (χ3n) is 5.40. The topological polar surface area (TPSA) is 86.6 Å².